The summed E-state index contributed by atoms with van der Waals surface area (Å²) in [6, 6.07) is 14.5. The molecule has 0 radical (unpaired) electrons. The maximum Gasteiger partial charge on any atom is 0.322 e. The van der Waals surface area contributed by atoms with Crippen LogP contribution in [0.25, 0.3) is 0 Å². The third-order valence-electron chi connectivity index (χ3n) is 3.71. The largest absolute Gasteiger partial charge is 0.495 e. The molecule has 0 saturated carbocycles. The SMILES string of the molecule is COc1cc(OC)c(NC(=O)N(CCC#N)Cc2ccccc2)cc1Cl. The minimum atomic E-state index is -0.344. The number of nitrogens with one attached hydrogen (secondary N) is 1. The first kappa shape index (κ1) is 19.4. The molecule has 1 N–H and O–H groups in total. The van der Waals surface area contributed by atoms with E-state index < -0.39 is 0 Å². The third kappa shape index (κ3) is 5.04. The molecule has 0 atom stereocenters. The molecule has 0 aliphatic heterocycles. The number of nitrogens with zero attached hydrogens (tertiary/aromatic N) is 2. The highest BCUT2D eigenvalue weighted by atomic mass is 35.5. The van der Waals surface area contributed by atoms with Gasteiger partial charge in [-0.1, -0.05) is 41.9 Å². The molecular formula is C19H20ClN3O3. The van der Waals surface area contributed by atoms with E-state index in [9.17, 15) is 4.79 Å². The normalized spacial score (nSPS) is 9.92. The van der Waals surface area contributed by atoms with Gasteiger partial charge < -0.3 is 19.7 Å². The van der Waals surface area contributed by atoms with Crippen LogP contribution < -0.4 is 14.8 Å². The van der Waals surface area contributed by atoms with Crippen molar-refractivity contribution in [1.82, 2.24) is 4.90 Å². The van der Waals surface area contributed by atoms with Crippen LogP contribution >= 0.6 is 11.6 Å². The molecule has 0 fully saturated rings. The molecule has 0 bridgehead atoms. The number of ether oxygens (including phenoxy) is 2. The number of amides is 2. The van der Waals surface area contributed by atoms with Gasteiger partial charge in [-0.05, 0) is 11.6 Å². The maximum absolute atomic E-state index is 12.7. The van der Waals surface area contributed by atoms with Crippen LogP contribution in [0.2, 0.25) is 5.02 Å². The van der Waals surface area contributed by atoms with Gasteiger partial charge in [-0.15, -0.1) is 0 Å². The van der Waals surface area contributed by atoms with Gasteiger partial charge in [-0.3, -0.25) is 0 Å². The minimum Gasteiger partial charge on any atom is -0.495 e. The molecule has 0 aliphatic carbocycles. The van der Waals surface area contributed by atoms with Crippen molar-refractivity contribution in [3.8, 4) is 17.6 Å². The van der Waals surface area contributed by atoms with Crippen molar-refractivity contribution >= 4 is 23.3 Å². The summed E-state index contributed by atoms with van der Waals surface area (Å²) in [4.78, 5) is 14.3. The average Bonchev–Trinajstić information content (AvgIpc) is 2.66. The van der Waals surface area contributed by atoms with Crippen LogP contribution in [-0.4, -0.2) is 31.7 Å². The summed E-state index contributed by atoms with van der Waals surface area (Å²) in [5.74, 6) is 0.881. The number of benzene rings is 2. The Bertz CT molecular complexity index is 791. The van der Waals surface area contributed by atoms with E-state index in [0.717, 1.165) is 5.56 Å². The fourth-order valence-corrected chi connectivity index (χ4v) is 2.63. The number of carbonyl (C=O) groups excluding carboxylic acids is 1. The van der Waals surface area contributed by atoms with E-state index in [0.29, 0.717) is 35.3 Å². The van der Waals surface area contributed by atoms with E-state index in [1.54, 1.807) is 17.0 Å². The summed E-state index contributed by atoms with van der Waals surface area (Å²) in [6.07, 6.45) is 0.237. The van der Waals surface area contributed by atoms with Crippen LogP contribution in [0.4, 0.5) is 10.5 Å². The minimum absolute atomic E-state index is 0.237. The highest BCUT2D eigenvalue weighted by molar-refractivity contribution is 6.32. The van der Waals surface area contributed by atoms with Crippen LogP contribution in [0, 0.1) is 11.3 Å². The quantitative estimate of drug-likeness (QED) is 0.784. The molecule has 2 rings (SSSR count). The van der Waals surface area contributed by atoms with Crippen molar-refractivity contribution in [2.75, 3.05) is 26.1 Å². The fourth-order valence-electron chi connectivity index (χ4n) is 2.39. The smallest absolute Gasteiger partial charge is 0.322 e. The Balaban J connectivity index is 2.21. The summed E-state index contributed by atoms with van der Waals surface area (Å²) in [5, 5.41) is 12.0. The van der Waals surface area contributed by atoms with Gasteiger partial charge in [0.2, 0.25) is 0 Å². The summed E-state index contributed by atoms with van der Waals surface area (Å²) in [7, 11) is 3.00. The Labute approximate surface area is 157 Å². The van der Waals surface area contributed by atoms with Gasteiger partial charge >= 0.3 is 6.03 Å². The van der Waals surface area contributed by atoms with E-state index in [4.69, 9.17) is 26.3 Å². The van der Waals surface area contributed by atoms with Crippen molar-refractivity contribution in [2.24, 2.45) is 0 Å². The second-order valence-corrected chi connectivity index (χ2v) is 5.84. The summed E-state index contributed by atoms with van der Waals surface area (Å²) < 4.78 is 10.5. The summed E-state index contributed by atoms with van der Waals surface area (Å²) in [6.45, 7) is 0.698. The Morgan fingerprint density at radius 3 is 2.50 bits per heavy atom. The molecule has 7 heteroatoms. The number of halogens is 1. The van der Waals surface area contributed by atoms with Crippen molar-refractivity contribution in [3.05, 3.63) is 53.1 Å². The molecule has 26 heavy (non-hydrogen) atoms. The molecule has 0 saturated heterocycles. The van der Waals surface area contributed by atoms with E-state index in [1.807, 2.05) is 30.3 Å². The first-order valence-corrected chi connectivity index (χ1v) is 8.35. The van der Waals surface area contributed by atoms with Crippen molar-refractivity contribution in [2.45, 2.75) is 13.0 Å². The van der Waals surface area contributed by atoms with Crippen LogP contribution in [-0.2, 0) is 6.54 Å². The van der Waals surface area contributed by atoms with Crippen molar-refractivity contribution in [1.29, 1.82) is 5.26 Å². The number of nitriles is 1. The fraction of sp³-hybridized carbons (Fsp3) is 0.263. The molecule has 0 unspecified atom stereocenters. The van der Waals surface area contributed by atoms with Gasteiger partial charge in [0.05, 0.1) is 37.4 Å². The molecule has 6 nitrogen and oxygen atoms in total. The lowest BCUT2D eigenvalue weighted by Crippen LogP contribution is -2.35. The van der Waals surface area contributed by atoms with E-state index in [1.165, 1.54) is 14.2 Å². The maximum atomic E-state index is 12.7. The number of carbonyl (C=O) groups is 1. The predicted molar refractivity (Wildman–Crippen MR) is 101 cm³/mol. The molecule has 0 spiro atoms. The first-order chi connectivity index (χ1) is 12.6. The molecule has 2 aromatic rings. The second-order valence-electron chi connectivity index (χ2n) is 5.43. The third-order valence-corrected chi connectivity index (χ3v) is 4.01. The first-order valence-electron chi connectivity index (χ1n) is 7.97. The summed E-state index contributed by atoms with van der Waals surface area (Å²) >= 11 is 6.15. The molecule has 0 aliphatic rings. The standard InChI is InChI=1S/C19H20ClN3O3/c1-25-17-12-18(26-2)16(11-15(17)20)22-19(24)23(10-6-9-21)13-14-7-4-3-5-8-14/h3-5,7-8,11-12H,6,10,13H2,1-2H3,(H,22,24). The number of hydrogen-bond donors (Lipinski definition) is 1. The zero-order chi connectivity index (χ0) is 18.9. The number of methoxy groups -OCH3 is 2. The zero-order valence-corrected chi connectivity index (χ0v) is 15.4. The van der Waals surface area contributed by atoms with Gasteiger partial charge in [-0.25, -0.2) is 4.79 Å². The number of rotatable bonds is 7. The van der Waals surface area contributed by atoms with Gasteiger partial charge in [0.15, 0.2) is 0 Å². The molecule has 2 aromatic carbocycles. The number of urea groups is 1. The highest BCUT2D eigenvalue weighted by Gasteiger charge is 2.17. The Morgan fingerprint density at radius 2 is 1.88 bits per heavy atom. The van der Waals surface area contributed by atoms with Crippen molar-refractivity contribution < 1.29 is 14.3 Å². The van der Waals surface area contributed by atoms with Gasteiger partial charge in [-0.2, -0.15) is 5.26 Å². The second kappa shape index (κ2) is 9.54. The van der Waals surface area contributed by atoms with Crippen LogP contribution in [0.1, 0.15) is 12.0 Å². The average molecular weight is 374 g/mol. The molecule has 0 heterocycles. The molecule has 136 valence electrons. The Morgan fingerprint density at radius 1 is 1.19 bits per heavy atom. The lowest BCUT2D eigenvalue weighted by molar-refractivity contribution is 0.210. The predicted octanol–water partition coefficient (Wildman–Crippen LogP) is 4.30. The monoisotopic (exact) mass is 373 g/mol. The van der Waals surface area contributed by atoms with E-state index in [2.05, 4.69) is 11.4 Å². The molecule has 0 aromatic heterocycles. The van der Waals surface area contributed by atoms with E-state index in [-0.39, 0.29) is 12.5 Å². The lowest BCUT2D eigenvalue weighted by Gasteiger charge is -2.23. The molecule has 2 amide bonds. The lowest BCUT2D eigenvalue weighted by atomic mass is 10.2. The topological polar surface area (TPSA) is 74.6 Å². The molecular weight excluding hydrogens is 354 g/mol. The van der Waals surface area contributed by atoms with Crippen LogP contribution in [0.5, 0.6) is 11.5 Å². The Hall–Kier alpha value is -2.91. The Kier molecular flexibility index (Phi) is 7.12. The zero-order valence-electron chi connectivity index (χ0n) is 14.7. The van der Waals surface area contributed by atoms with Gasteiger partial charge in [0, 0.05) is 19.2 Å². The highest BCUT2D eigenvalue weighted by Crippen LogP contribution is 2.36. The summed E-state index contributed by atoms with van der Waals surface area (Å²) in [5.41, 5.74) is 1.40. The van der Waals surface area contributed by atoms with Crippen LogP contribution in [0.15, 0.2) is 42.5 Å². The number of hydrogen-bond acceptors (Lipinski definition) is 4. The van der Waals surface area contributed by atoms with Gasteiger partial charge in [0.25, 0.3) is 0 Å². The van der Waals surface area contributed by atoms with Gasteiger partial charge in [0.1, 0.15) is 11.5 Å². The number of anilines is 1. The van der Waals surface area contributed by atoms with Crippen LogP contribution in [0.3, 0.4) is 0 Å². The van der Waals surface area contributed by atoms with E-state index >= 15 is 0 Å². The van der Waals surface area contributed by atoms with Crippen molar-refractivity contribution in [3.63, 3.8) is 0 Å².